The van der Waals surface area contributed by atoms with Crippen molar-refractivity contribution in [3.05, 3.63) is 65.6 Å². The number of imidazole rings is 2. The third-order valence-electron chi connectivity index (χ3n) is 4.18. The molecule has 0 amide bonds. The lowest BCUT2D eigenvalue weighted by atomic mass is 10.1. The predicted octanol–water partition coefficient (Wildman–Crippen LogP) is 4.20. The van der Waals surface area contributed by atoms with Crippen molar-refractivity contribution in [1.29, 1.82) is 0 Å². The summed E-state index contributed by atoms with van der Waals surface area (Å²) in [6.45, 7) is 6.38. The summed E-state index contributed by atoms with van der Waals surface area (Å²) in [6.07, 6.45) is 1.96. The highest BCUT2D eigenvalue weighted by Crippen LogP contribution is 2.29. The van der Waals surface area contributed by atoms with E-state index in [0.717, 1.165) is 11.5 Å². The summed E-state index contributed by atoms with van der Waals surface area (Å²) >= 11 is 0. The van der Waals surface area contributed by atoms with Gasteiger partial charge in [-0.1, -0.05) is 30.3 Å². The Bertz CT molecular complexity index is 953. The highest BCUT2D eigenvalue weighted by atomic mass is 15.2. The molecule has 0 aliphatic rings. The lowest BCUT2D eigenvalue weighted by Crippen LogP contribution is -1.99. The number of fused-ring (bicyclic) bond motifs is 3. The van der Waals surface area contributed by atoms with E-state index in [0.29, 0.717) is 0 Å². The van der Waals surface area contributed by atoms with Gasteiger partial charge in [-0.25, -0.2) is 4.98 Å². The smallest absolute Gasteiger partial charge is 0.142 e. The molecule has 21 heavy (non-hydrogen) atoms. The monoisotopic (exact) mass is 275 g/mol. The van der Waals surface area contributed by atoms with Gasteiger partial charge in [-0.3, -0.25) is 8.97 Å². The van der Waals surface area contributed by atoms with Crippen LogP contribution < -0.4 is 0 Å². The molecule has 2 aromatic carbocycles. The Labute approximate surface area is 123 Å². The largest absolute Gasteiger partial charge is 0.292 e. The van der Waals surface area contributed by atoms with Gasteiger partial charge in [0.25, 0.3) is 0 Å². The fourth-order valence-corrected chi connectivity index (χ4v) is 3.25. The van der Waals surface area contributed by atoms with E-state index in [1.54, 1.807) is 0 Å². The second kappa shape index (κ2) is 4.22. The zero-order valence-corrected chi connectivity index (χ0v) is 12.5. The molecule has 0 saturated carbocycles. The summed E-state index contributed by atoms with van der Waals surface area (Å²) in [5.41, 5.74) is 7.34. The quantitative estimate of drug-likeness (QED) is 0.510. The van der Waals surface area contributed by atoms with Crippen LogP contribution in [0.3, 0.4) is 0 Å². The van der Waals surface area contributed by atoms with Crippen LogP contribution in [0.15, 0.2) is 48.7 Å². The zero-order valence-electron chi connectivity index (χ0n) is 12.5. The Balaban J connectivity index is 2.26. The van der Waals surface area contributed by atoms with Crippen molar-refractivity contribution in [3.8, 4) is 5.69 Å². The average molecular weight is 275 g/mol. The van der Waals surface area contributed by atoms with E-state index in [2.05, 4.69) is 77.2 Å². The van der Waals surface area contributed by atoms with Gasteiger partial charge in [0.2, 0.25) is 0 Å². The molecule has 0 N–H and O–H groups in total. The van der Waals surface area contributed by atoms with Gasteiger partial charge in [0, 0.05) is 0 Å². The molecule has 2 heterocycles. The normalized spacial score (nSPS) is 11.6. The average Bonchev–Trinajstić information content (AvgIpc) is 2.99. The highest BCUT2D eigenvalue weighted by molar-refractivity contribution is 5.85. The highest BCUT2D eigenvalue weighted by Gasteiger charge is 2.16. The van der Waals surface area contributed by atoms with E-state index in [9.17, 15) is 0 Å². The molecule has 0 fully saturated rings. The Kier molecular flexibility index (Phi) is 2.45. The molecule has 0 atom stereocenters. The topological polar surface area (TPSA) is 22.2 Å². The molecular formula is C18H17N3. The Morgan fingerprint density at radius 1 is 0.810 bits per heavy atom. The summed E-state index contributed by atoms with van der Waals surface area (Å²) < 4.78 is 4.54. The van der Waals surface area contributed by atoms with Crippen LogP contribution in [-0.4, -0.2) is 14.0 Å². The fourth-order valence-electron chi connectivity index (χ4n) is 3.25. The minimum atomic E-state index is 1.02. The third-order valence-corrected chi connectivity index (χ3v) is 4.18. The van der Waals surface area contributed by atoms with Gasteiger partial charge in [0.15, 0.2) is 0 Å². The molecule has 0 saturated heterocycles. The first-order valence-electron chi connectivity index (χ1n) is 7.18. The van der Waals surface area contributed by atoms with Crippen LogP contribution in [0.5, 0.6) is 0 Å². The SMILES string of the molecule is Cc1cccc(C)c1-n1c2ccccc2n2c(C)ncc12. The predicted molar refractivity (Wildman–Crippen MR) is 86.2 cm³/mol. The van der Waals surface area contributed by atoms with Gasteiger partial charge >= 0.3 is 0 Å². The standard InChI is InChI=1S/C18H17N3/c1-12-7-6-8-13(2)18(12)21-16-10-5-4-9-15(16)20-14(3)19-11-17(20)21/h4-11H,1-3H3. The number of hydrogen-bond donors (Lipinski definition) is 0. The van der Waals surface area contributed by atoms with Crippen molar-refractivity contribution in [2.24, 2.45) is 0 Å². The van der Waals surface area contributed by atoms with Crippen LogP contribution in [0.4, 0.5) is 0 Å². The molecule has 0 bridgehead atoms. The molecule has 0 aliphatic carbocycles. The van der Waals surface area contributed by atoms with E-state index >= 15 is 0 Å². The number of benzene rings is 2. The summed E-state index contributed by atoms with van der Waals surface area (Å²) in [5.74, 6) is 1.02. The molecule has 0 radical (unpaired) electrons. The van der Waals surface area contributed by atoms with Crippen molar-refractivity contribution in [2.75, 3.05) is 0 Å². The molecule has 4 rings (SSSR count). The van der Waals surface area contributed by atoms with Gasteiger partial charge in [-0.05, 0) is 44.0 Å². The van der Waals surface area contributed by atoms with E-state index < -0.39 is 0 Å². The van der Waals surface area contributed by atoms with Gasteiger partial charge in [0.05, 0.1) is 22.9 Å². The van der Waals surface area contributed by atoms with Crippen LogP contribution in [0.1, 0.15) is 17.0 Å². The molecule has 4 aromatic rings. The second-order valence-electron chi connectivity index (χ2n) is 5.56. The molecule has 104 valence electrons. The van der Waals surface area contributed by atoms with Crippen LogP contribution in [0.2, 0.25) is 0 Å². The van der Waals surface area contributed by atoms with Crippen molar-refractivity contribution in [3.63, 3.8) is 0 Å². The van der Waals surface area contributed by atoms with E-state index in [1.807, 2.05) is 6.20 Å². The van der Waals surface area contributed by atoms with Gasteiger partial charge in [0.1, 0.15) is 11.5 Å². The number of aromatic nitrogens is 3. The van der Waals surface area contributed by atoms with Crippen molar-refractivity contribution >= 4 is 16.7 Å². The molecule has 3 nitrogen and oxygen atoms in total. The molecule has 0 unspecified atom stereocenters. The third kappa shape index (κ3) is 1.57. The van der Waals surface area contributed by atoms with Gasteiger partial charge in [-0.15, -0.1) is 0 Å². The number of hydrogen-bond acceptors (Lipinski definition) is 1. The summed E-state index contributed by atoms with van der Waals surface area (Å²) in [6, 6.07) is 14.9. The molecular weight excluding hydrogens is 258 g/mol. The molecule has 2 aromatic heterocycles. The molecule has 0 aliphatic heterocycles. The summed E-state index contributed by atoms with van der Waals surface area (Å²) in [5, 5.41) is 0. The second-order valence-corrected chi connectivity index (χ2v) is 5.56. The molecule has 0 spiro atoms. The minimum Gasteiger partial charge on any atom is -0.292 e. The van der Waals surface area contributed by atoms with Crippen LogP contribution in [0, 0.1) is 20.8 Å². The van der Waals surface area contributed by atoms with Crippen LogP contribution in [0.25, 0.3) is 22.4 Å². The lowest BCUT2D eigenvalue weighted by molar-refractivity contribution is 1.06. The van der Waals surface area contributed by atoms with Gasteiger partial charge in [-0.2, -0.15) is 0 Å². The fraction of sp³-hybridized carbons (Fsp3) is 0.167. The first kappa shape index (κ1) is 12.2. The maximum absolute atomic E-state index is 4.49. The summed E-state index contributed by atoms with van der Waals surface area (Å²) in [7, 11) is 0. The van der Waals surface area contributed by atoms with Gasteiger partial charge < -0.3 is 0 Å². The van der Waals surface area contributed by atoms with E-state index in [1.165, 1.54) is 27.8 Å². The number of para-hydroxylation sites is 3. The van der Waals surface area contributed by atoms with E-state index in [-0.39, 0.29) is 0 Å². The number of rotatable bonds is 1. The number of nitrogens with zero attached hydrogens (tertiary/aromatic N) is 3. The number of aryl methyl sites for hydroxylation is 3. The zero-order chi connectivity index (χ0) is 14.6. The molecule has 3 heteroatoms. The Morgan fingerprint density at radius 3 is 2.19 bits per heavy atom. The van der Waals surface area contributed by atoms with Crippen molar-refractivity contribution in [2.45, 2.75) is 20.8 Å². The first-order valence-corrected chi connectivity index (χ1v) is 7.18. The van der Waals surface area contributed by atoms with Crippen LogP contribution in [-0.2, 0) is 0 Å². The lowest BCUT2D eigenvalue weighted by Gasteiger charge is -2.12. The maximum Gasteiger partial charge on any atom is 0.142 e. The Morgan fingerprint density at radius 2 is 1.48 bits per heavy atom. The van der Waals surface area contributed by atoms with Crippen molar-refractivity contribution < 1.29 is 0 Å². The van der Waals surface area contributed by atoms with Crippen molar-refractivity contribution in [1.82, 2.24) is 14.0 Å². The van der Waals surface area contributed by atoms with E-state index in [4.69, 9.17) is 0 Å². The van der Waals surface area contributed by atoms with Crippen LogP contribution >= 0.6 is 0 Å². The maximum atomic E-state index is 4.49. The first-order chi connectivity index (χ1) is 10.2. The summed E-state index contributed by atoms with van der Waals surface area (Å²) in [4.78, 5) is 4.49. The minimum absolute atomic E-state index is 1.02. The Hall–Kier alpha value is -2.55.